The van der Waals surface area contributed by atoms with Gasteiger partial charge in [-0.1, -0.05) is 0 Å². The number of aryl methyl sites for hydroxylation is 1. The maximum Gasteiger partial charge on any atom is 0.472 e. The van der Waals surface area contributed by atoms with Crippen molar-refractivity contribution in [3.63, 3.8) is 0 Å². The first-order chi connectivity index (χ1) is 11.6. The fourth-order valence-corrected chi connectivity index (χ4v) is 2.66. The number of nitrogens with zero attached hydrogens (tertiary/aromatic N) is 4. The maximum atomic E-state index is 11.9. The summed E-state index contributed by atoms with van der Waals surface area (Å²) in [6.45, 7) is 1.45. The Balaban J connectivity index is 2.28. The van der Waals surface area contributed by atoms with Crippen molar-refractivity contribution in [3.05, 3.63) is 43.0 Å². The molecule has 1 aliphatic heterocycles. The summed E-state index contributed by atoms with van der Waals surface area (Å²) in [7, 11) is -5.07. The van der Waals surface area contributed by atoms with Gasteiger partial charge in [-0.25, -0.2) is 13.9 Å². The molecule has 138 valence electrons. The standard InChI is InChI=1S/C10H14N5O9P/c1-4-3-15(10(18)12-8(4)17)6-2-5(16)7(22-6)9(23-14-13-11)24-25(19,20)21/h3,5-7,9,16H,2H2,1H3,(H,12,17,18)(H2,19,20,21)/t5-,6+,7-,9?/m0/s1. The topological polar surface area (TPSA) is 209 Å². The summed E-state index contributed by atoms with van der Waals surface area (Å²) in [6.07, 6.45) is -4.86. The quantitative estimate of drug-likeness (QED) is 0.121. The SMILES string of the molecule is Cc1cn([C@H]2C[C@H](O)[C@@H](C(ON=[N+]=[N-])OP(=O)(O)O)O2)c(=O)[nH]c1=O. The molecule has 0 saturated carbocycles. The number of aromatic nitrogens is 2. The summed E-state index contributed by atoms with van der Waals surface area (Å²) >= 11 is 0. The highest BCUT2D eigenvalue weighted by molar-refractivity contribution is 7.46. The van der Waals surface area contributed by atoms with Gasteiger partial charge in [0.25, 0.3) is 5.56 Å². The second kappa shape index (κ2) is 7.37. The molecule has 0 spiro atoms. The molecule has 0 bridgehead atoms. The first-order valence-corrected chi connectivity index (χ1v) is 8.25. The van der Waals surface area contributed by atoms with Crippen molar-refractivity contribution in [1.29, 1.82) is 0 Å². The van der Waals surface area contributed by atoms with Gasteiger partial charge in [0.15, 0.2) is 0 Å². The van der Waals surface area contributed by atoms with Crippen molar-refractivity contribution in [1.82, 2.24) is 9.55 Å². The molecule has 25 heavy (non-hydrogen) atoms. The lowest BCUT2D eigenvalue weighted by Crippen LogP contribution is -2.37. The van der Waals surface area contributed by atoms with Gasteiger partial charge in [-0.15, -0.1) is 0 Å². The summed E-state index contributed by atoms with van der Waals surface area (Å²) in [6, 6.07) is 0. The van der Waals surface area contributed by atoms with Gasteiger partial charge in [-0.3, -0.25) is 14.3 Å². The van der Waals surface area contributed by atoms with Crippen LogP contribution in [0, 0.1) is 6.92 Å². The minimum absolute atomic E-state index is 0.184. The van der Waals surface area contributed by atoms with Gasteiger partial charge in [0.2, 0.25) is 6.29 Å². The summed E-state index contributed by atoms with van der Waals surface area (Å²) in [4.78, 5) is 49.7. The van der Waals surface area contributed by atoms with Crippen LogP contribution in [-0.4, -0.2) is 42.9 Å². The Bertz CT molecular complexity index is 840. The summed E-state index contributed by atoms with van der Waals surface area (Å²) in [5.41, 5.74) is 7.05. The van der Waals surface area contributed by atoms with Crippen molar-refractivity contribution in [3.8, 4) is 0 Å². The van der Waals surface area contributed by atoms with Crippen LogP contribution in [0.5, 0.6) is 0 Å². The van der Waals surface area contributed by atoms with Crippen LogP contribution in [0.2, 0.25) is 0 Å². The fraction of sp³-hybridized carbons (Fsp3) is 0.600. The van der Waals surface area contributed by atoms with E-state index >= 15 is 0 Å². The molecular weight excluding hydrogens is 365 g/mol. The van der Waals surface area contributed by atoms with E-state index in [2.05, 4.69) is 24.5 Å². The van der Waals surface area contributed by atoms with E-state index in [9.17, 15) is 19.3 Å². The molecule has 1 aromatic rings. The van der Waals surface area contributed by atoms with Crippen LogP contribution >= 0.6 is 7.82 Å². The Morgan fingerprint density at radius 3 is 2.84 bits per heavy atom. The third-order valence-electron chi connectivity index (χ3n) is 3.29. The van der Waals surface area contributed by atoms with Crippen LogP contribution in [0.25, 0.3) is 10.4 Å². The van der Waals surface area contributed by atoms with Crippen LogP contribution in [0.15, 0.2) is 21.1 Å². The van der Waals surface area contributed by atoms with Gasteiger partial charge >= 0.3 is 13.5 Å². The number of aliphatic hydroxyl groups is 1. The third-order valence-corrected chi connectivity index (χ3v) is 3.77. The number of phosphoric acid groups is 1. The van der Waals surface area contributed by atoms with E-state index in [-0.39, 0.29) is 12.0 Å². The number of aromatic amines is 1. The summed E-state index contributed by atoms with van der Waals surface area (Å²) in [5.74, 6) is 0. The van der Waals surface area contributed by atoms with E-state index in [1.807, 2.05) is 0 Å². The first kappa shape index (κ1) is 19.1. The van der Waals surface area contributed by atoms with E-state index < -0.39 is 43.8 Å². The Kier molecular flexibility index (Phi) is 5.65. The molecule has 1 unspecified atom stereocenters. The number of hydrogen-bond acceptors (Lipinski definition) is 8. The molecule has 1 aliphatic rings. The first-order valence-electron chi connectivity index (χ1n) is 6.72. The molecule has 0 amide bonds. The molecule has 0 aliphatic carbocycles. The molecule has 1 saturated heterocycles. The lowest BCUT2D eigenvalue weighted by atomic mass is 10.2. The number of H-pyrrole nitrogens is 1. The van der Waals surface area contributed by atoms with Gasteiger partial charge in [-0.2, -0.15) is 0 Å². The number of ether oxygens (including phenoxy) is 1. The normalized spacial score (nSPS) is 24.6. The predicted octanol–water partition coefficient (Wildman–Crippen LogP) is -0.829. The molecule has 2 rings (SSSR count). The lowest BCUT2D eigenvalue weighted by Gasteiger charge is -2.24. The van der Waals surface area contributed by atoms with Gasteiger partial charge in [0.05, 0.1) is 6.10 Å². The highest BCUT2D eigenvalue weighted by Gasteiger charge is 2.44. The fourth-order valence-electron chi connectivity index (χ4n) is 2.24. The molecule has 0 radical (unpaired) electrons. The second-order valence-corrected chi connectivity index (χ2v) is 6.27. The van der Waals surface area contributed by atoms with E-state index in [4.69, 9.17) is 20.1 Å². The largest absolute Gasteiger partial charge is 0.472 e. The second-order valence-electron chi connectivity index (χ2n) is 5.08. The zero-order valence-corrected chi connectivity index (χ0v) is 13.5. The average Bonchev–Trinajstić information content (AvgIpc) is 2.88. The molecule has 2 heterocycles. The molecule has 0 aromatic carbocycles. The summed E-state index contributed by atoms with van der Waals surface area (Å²) < 4.78 is 21.6. The zero-order valence-electron chi connectivity index (χ0n) is 12.6. The highest BCUT2D eigenvalue weighted by Crippen LogP contribution is 2.41. The van der Waals surface area contributed by atoms with Crippen LogP contribution < -0.4 is 11.2 Å². The Morgan fingerprint density at radius 2 is 2.24 bits per heavy atom. The molecule has 15 heteroatoms. The molecule has 4 atom stereocenters. The van der Waals surface area contributed by atoms with Crippen molar-refractivity contribution in [2.75, 3.05) is 0 Å². The number of phosphoric ester groups is 1. The average molecular weight is 379 g/mol. The van der Waals surface area contributed by atoms with Gasteiger partial charge in [-0.05, 0) is 12.5 Å². The zero-order chi connectivity index (χ0) is 18.8. The number of rotatable bonds is 6. The maximum absolute atomic E-state index is 11.9. The van der Waals surface area contributed by atoms with Crippen molar-refractivity contribution < 1.29 is 33.6 Å². The molecule has 14 nitrogen and oxygen atoms in total. The van der Waals surface area contributed by atoms with Gasteiger partial charge < -0.3 is 24.5 Å². The molecule has 1 fully saturated rings. The van der Waals surface area contributed by atoms with Crippen LogP contribution in [0.1, 0.15) is 18.2 Å². The molecule has 4 N–H and O–H groups in total. The number of hydrogen-bond donors (Lipinski definition) is 4. The number of nitrogens with one attached hydrogen (secondary N) is 1. The third kappa shape index (κ3) is 4.67. The monoisotopic (exact) mass is 379 g/mol. The summed E-state index contributed by atoms with van der Waals surface area (Å²) in [5, 5.41) is 12.7. The number of azide groups is 1. The van der Waals surface area contributed by atoms with Crippen molar-refractivity contribution in [2.45, 2.75) is 38.1 Å². The highest BCUT2D eigenvalue weighted by atomic mass is 31.2. The van der Waals surface area contributed by atoms with Crippen LogP contribution in [0.4, 0.5) is 0 Å². The van der Waals surface area contributed by atoms with Crippen molar-refractivity contribution >= 4 is 7.82 Å². The Morgan fingerprint density at radius 1 is 1.56 bits per heavy atom. The number of aliphatic hydroxyl groups excluding tert-OH is 1. The minimum Gasteiger partial charge on any atom is -0.399 e. The van der Waals surface area contributed by atoms with Crippen LogP contribution in [-0.2, 0) is 18.7 Å². The van der Waals surface area contributed by atoms with Crippen LogP contribution in [0.3, 0.4) is 0 Å². The van der Waals surface area contributed by atoms with Gasteiger partial charge in [0, 0.05) is 23.1 Å². The van der Waals surface area contributed by atoms with Gasteiger partial charge in [0.1, 0.15) is 17.6 Å². The minimum atomic E-state index is -5.07. The van der Waals surface area contributed by atoms with E-state index in [0.29, 0.717) is 0 Å². The smallest absolute Gasteiger partial charge is 0.399 e. The van der Waals surface area contributed by atoms with E-state index in [0.717, 1.165) is 4.57 Å². The Hall–Kier alpha value is -2.18. The predicted molar refractivity (Wildman–Crippen MR) is 77.7 cm³/mol. The Labute approximate surface area is 138 Å². The van der Waals surface area contributed by atoms with Crippen molar-refractivity contribution in [2.24, 2.45) is 5.28 Å². The van der Waals surface area contributed by atoms with E-state index in [1.54, 1.807) is 0 Å². The van der Waals surface area contributed by atoms with E-state index in [1.165, 1.54) is 13.1 Å². The molecular formula is C10H14N5O9P. The molecule has 1 aromatic heterocycles. The lowest BCUT2D eigenvalue weighted by molar-refractivity contribution is -0.190.